The highest BCUT2D eigenvalue weighted by Gasteiger charge is 2.14. The molecule has 0 spiro atoms. The first-order valence-electron chi connectivity index (χ1n) is 6.57. The van der Waals surface area contributed by atoms with Crippen molar-refractivity contribution in [2.75, 3.05) is 33.0 Å². The highest BCUT2D eigenvalue weighted by atomic mass is 16.5. The molecule has 0 aromatic rings. The fraction of sp³-hybridized carbons (Fsp3) is 0.923. The summed E-state index contributed by atoms with van der Waals surface area (Å²) in [5.41, 5.74) is 0. The summed E-state index contributed by atoms with van der Waals surface area (Å²) < 4.78 is 16.4. The molecule has 98 valence electrons. The minimum absolute atomic E-state index is 0.428. The van der Waals surface area contributed by atoms with Crippen LogP contribution >= 0.6 is 0 Å². The molecule has 1 aliphatic heterocycles. The molecule has 0 amide bonds. The minimum Gasteiger partial charge on any atom is -0.381 e. The molecular weight excluding hydrogens is 218 g/mol. The fourth-order valence-electron chi connectivity index (χ4n) is 1.81. The molecule has 0 aromatic heterocycles. The monoisotopic (exact) mass is 241 g/mol. The molecule has 1 heterocycles. The molecule has 4 nitrogen and oxygen atoms in total. The number of nitrogens with zero attached hydrogens (tertiary/aromatic N) is 1. The molecule has 1 unspecified atom stereocenters. The molecular formula is C13H23NO3. The Bertz CT molecular complexity index is 209. The summed E-state index contributed by atoms with van der Waals surface area (Å²) in [5.74, 6) is 0. The molecule has 1 aliphatic rings. The Morgan fingerprint density at radius 1 is 1.12 bits per heavy atom. The predicted molar refractivity (Wildman–Crippen MR) is 64.7 cm³/mol. The normalized spacial score (nSPS) is 19.4. The van der Waals surface area contributed by atoms with Gasteiger partial charge in [0.15, 0.2) is 0 Å². The molecule has 1 atom stereocenters. The Kier molecular flexibility index (Phi) is 8.93. The number of rotatable bonds is 10. The lowest BCUT2D eigenvalue weighted by Crippen LogP contribution is -2.10. The molecule has 0 aliphatic carbocycles. The number of hydrogen-bond acceptors (Lipinski definition) is 4. The van der Waals surface area contributed by atoms with Gasteiger partial charge in [-0.15, -0.1) is 0 Å². The lowest BCUT2D eigenvalue weighted by molar-refractivity contribution is 0.0475. The smallest absolute Gasteiger partial charge is 0.0622 e. The van der Waals surface area contributed by atoms with Crippen LogP contribution in [-0.2, 0) is 14.2 Å². The maximum atomic E-state index is 8.32. The summed E-state index contributed by atoms with van der Waals surface area (Å²) in [6.45, 7) is 3.88. The zero-order valence-electron chi connectivity index (χ0n) is 10.5. The zero-order valence-corrected chi connectivity index (χ0v) is 10.5. The molecule has 4 heteroatoms. The maximum Gasteiger partial charge on any atom is 0.0622 e. The summed E-state index contributed by atoms with van der Waals surface area (Å²) in [4.78, 5) is 0. The number of nitriles is 1. The van der Waals surface area contributed by atoms with Crippen molar-refractivity contribution in [3.05, 3.63) is 0 Å². The van der Waals surface area contributed by atoms with Crippen LogP contribution in [0.5, 0.6) is 0 Å². The van der Waals surface area contributed by atoms with Crippen molar-refractivity contribution in [1.29, 1.82) is 5.26 Å². The molecule has 0 N–H and O–H groups in total. The van der Waals surface area contributed by atoms with Crippen molar-refractivity contribution in [3.63, 3.8) is 0 Å². The third-order valence-electron chi connectivity index (χ3n) is 2.76. The van der Waals surface area contributed by atoms with Crippen LogP contribution in [0.3, 0.4) is 0 Å². The Morgan fingerprint density at radius 3 is 2.59 bits per heavy atom. The second-order valence-corrected chi connectivity index (χ2v) is 4.26. The van der Waals surface area contributed by atoms with Crippen LogP contribution in [0.25, 0.3) is 0 Å². The van der Waals surface area contributed by atoms with Crippen molar-refractivity contribution in [3.8, 4) is 6.07 Å². The lowest BCUT2D eigenvalue weighted by atomic mass is 10.2. The zero-order chi connectivity index (χ0) is 12.2. The first-order valence-corrected chi connectivity index (χ1v) is 6.57. The van der Waals surface area contributed by atoms with E-state index in [2.05, 4.69) is 6.07 Å². The van der Waals surface area contributed by atoms with Crippen LogP contribution < -0.4 is 0 Å². The molecule has 1 saturated heterocycles. The third kappa shape index (κ3) is 8.14. The number of unbranched alkanes of at least 4 members (excludes halogenated alkanes) is 1. The molecule has 0 radical (unpaired) electrons. The van der Waals surface area contributed by atoms with E-state index in [9.17, 15) is 0 Å². The summed E-state index contributed by atoms with van der Waals surface area (Å²) in [6, 6.07) is 2.10. The Balaban J connectivity index is 1.71. The van der Waals surface area contributed by atoms with Gasteiger partial charge in [0.25, 0.3) is 0 Å². The third-order valence-corrected chi connectivity index (χ3v) is 2.76. The molecule has 1 rings (SSSR count). The number of ether oxygens (including phenoxy) is 3. The SMILES string of the molecule is N#CCCCOCCCOCCC1CCCO1. The van der Waals surface area contributed by atoms with Crippen LogP contribution in [-0.4, -0.2) is 39.1 Å². The summed E-state index contributed by atoms with van der Waals surface area (Å²) in [6.07, 6.45) is 6.17. The first kappa shape index (κ1) is 14.4. The average Bonchev–Trinajstić information content (AvgIpc) is 2.85. The van der Waals surface area contributed by atoms with Crippen molar-refractivity contribution in [2.24, 2.45) is 0 Å². The van der Waals surface area contributed by atoms with Crippen molar-refractivity contribution >= 4 is 0 Å². The van der Waals surface area contributed by atoms with Gasteiger partial charge in [-0.1, -0.05) is 0 Å². The van der Waals surface area contributed by atoms with Crippen molar-refractivity contribution in [2.45, 2.75) is 44.6 Å². The van der Waals surface area contributed by atoms with Crippen LogP contribution in [0.2, 0.25) is 0 Å². The second kappa shape index (κ2) is 10.5. The average molecular weight is 241 g/mol. The molecule has 17 heavy (non-hydrogen) atoms. The largest absolute Gasteiger partial charge is 0.381 e. The Morgan fingerprint density at radius 2 is 1.88 bits per heavy atom. The van der Waals surface area contributed by atoms with Gasteiger partial charge in [-0.05, 0) is 32.1 Å². The van der Waals surface area contributed by atoms with Gasteiger partial charge in [-0.25, -0.2) is 0 Å². The van der Waals surface area contributed by atoms with E-state index in [0.29, 0.717) is 19.1 Å². The highest BCUT2D eigenvalue weighted by molar-refractivity contribution is 4.67. The van der Waals surface area contributed by atoms with Gasteiger partial charge in [-0.2, -0.15) is 5.26 Å². The van der Waals surface area contributed by atoms with Gasteiger partial charge in [-0.3, -0.25) is 0 Å². The van der Waals surface area contributed by atoms with E-state index in [0.717, 1.165) is 45.7 Å². The maximum absolute atomic E-state index is 8.32. The van der Waals surface area contributed by atoms with Crippen LogP contribution in [0.15, 0.2) is 0 Å². The molecule has 1 fully saturated rings. The molecule has 0 bridgehead atoms. The van der Waals surface area contributed by atoms with E-state index in [1.165, 1.54) is 12.8 Å². The van der Waals surface area contributed by atoms with Crippen molar-refractivity contribution in [1.82, 2.24) is 0 Å². The van der Waals surface area contributed by atoms with E-state index in [4.69, 9.17) is 19.5 Å². The lowest BCUT2D eigenvalue weighted by Gasteiger charge is -2.09. The van der Waals surface area contributed by atoms with E-state index < -0.39 is 0 Å². The predicted octanol–water partition coefficient (Wildman–Crippen LogP) is 2.28. The topological polar surface area (TPSA) is 51.5 Å². The standard InChI is InChI=1S/C13H23NO3/c14-7-1-2-8-15-9-4-10-16-12-6-13-5-3-11-17-13/h13H,1-6,8-12H2. The Labute approximate surface area is 104 Å². The fourth-order valence-corrected chi connectivity index (χ4v) is 1.81. The first-order chi connectivity index (χ1) is 8.43. The Hall–Kier alpha value is -0.630. The van der Waals surface area contributed by atoms with Crippen LogP contribution in [0, 0.1) is 11.3 Å². The highest BCUT2D eigenvalue weighted by Crippen LogP contribution is 2.14. The quantitative estimate of drug-likeness (QED) is 0.551. The minimum atomic E-state index is 0.428. The number of hydrogen-bond donors (Lipinski definition) is 0. The summed E-state index contributed by atoms with van der Waals surface area (Å²) >= 11 is 0. The second-order valence-electron chi connectivity index (χ2n) is 4.26. The van der Waals surface area contributed by atoms with E-state index in [-0.39, 0.29) is 0 Å². The summed E-state index contributed by atoms with van der Waals surface area (Å²) in [5, 5.41) is 8.32. The van der Waals surface area contributed by atoms with Crippen molar-refractivity contribution < 1.29 is 14.2 Å². The molecule has 0 aromatic carbocycles. The van der Waals surface area contributed by atoms with E-state index in [1.54, 1.807) is 0 Å². The van der Waals surface area contributed by atoms with Gasteiger partial charge in [0, 0.05) is 39.5 Å². The van der Waals surface area contributed by atoms with E-state index >= 15 is 0 Å². The van der Waals surface area contributed by atoms with Crippen LogP contribution in [0.4, 0.5) is 0 Å². The van der Waals surface area contributed by atoms with Gasteiger partial charge >= 0.3 is 0 Å². The van der Waals surface area contributed by atoms with Gasteiger partial charge in [0.05, 0.1) is 12.2 Å². The van der Waals surface area contributed by atoms with Gasteiger partial charge in [0.2, 0.25) is 0 Å². The van der Waals surface area contributed by atoms with Gasteiger partial charge < -0.3 is 14.2 Å². The van der Waals surface area contributed by atoms with Crippen LogP contribution in [0.1, 0.15) is 38.5 Å². The van der Waals surface area contributed by atoms with Gasteiger partial charge in [0.1, 0.15) is 0 Å². The van der Waals surface area contributed by atoms with E-state index in [1.807, 2.05) is 0 Å². The molecule has 0 saturated carbocycles. The summed E-state index contributed by atoms with van der Waals surface area (Å²) in [7, 11) is 0.